The van der Waals surface area contributed by atoms with Crippen molar-refractivity contribution in [2.24, 2.45) is 0 Å². The Morgan fingerprint density at radius 3 is 2.75 bits per heavy atom. The number of hydrogen-bond donors (Lipinski definition) is 0. The Morgan fingerprint density at radius 1 is 1.42 bits per heavy atom. The van der Waals surface area contributed by atoms with Crippen molar-refractivity contribution in [3.05, 3.63) is 63.8 Å². The quantitative estimate of drug-likeness (QED) is 0.792. The summed E-state index contributed by atoms with van der Waals surface area (Å²) < 4.78 is 12.8. The first-order valence-corrected chi connectivity index (χ1v) is 8.42. The molecule has 3 heterocycles. The normalized spacial score (nSPS) is 17.5. The van der Waals surface area contributed by atoms with Crippen LogP contribution in [-0.4, -0.2) is 17.1 Å². The number of thiophene rings is 1. The molecule has 2 aromatic rings. The van der Waals surface area contributed by atoms with Crippen LogP contribution in [0.5, 0.6) is 0 Å². The predicted molar refractivity (Wildman–Crippen MR) is 90.7 cm³/mol. The van der Waals surface area contributed by atoms with E-state index in [1.54, 1.807) is 30.8 Å². The molecule has 0 radical (unpaired) electrons. The monoisotopic (exact) mass is 340 g/mol. The van der Waals surface area contributed by atoms with Gasteiger partial charge in [-0.15, -0.1) is 11.3 Å². The first kappa shape index (κ1) is 16.1. The first-order valence-electron chi connectivity index (χ1n) is 7.54. The molecule has 6 heteroatoms. The van der Waals surface area contributed by atoms with E-state index < -0.39 is 11.9 Å². The lowest BCUT2D eigenvalue weighted by Crippen LogP contribution is -2.23. The summed E-state index contributed by atoms with van der Waals surface area (Å²) >= 11 is 1.50. The summed E-state index contributed by atoms with van der Waals surface area (Å²) in [4.78, 5) is 13.4. The van der Waals surface area contributed by atoms with Crippen molar-refractivity contribution in [1.82, 2.24) is 4.57 Å². The Kier molecular flexibility index (Phi) is 4.54. The molecule has 122 valence electrons. The van der Waals surface area contributed by atoms with Gasteiger partial charge in [0, 0.05) is 17.3 Å². The van der Waals surface area contributed by atoms with Gasteiger partial charge in [-0.05, 0) is 37.4 Å². The lowest BCUT2D eigenvalue weighted by molar-refractivity contribution is -0.139. The second kappa shape index (κ2) is 6.77. The fourth-order valence-corrected chi connectivity index (χ4v) is 3.55. The summed E-state index contributed by atoms with van der Waals surface area (Å²) in [6.07, 6.45) is 3.61. The molecule has 0 fully saturated rings. The largest absolute Gasteiger partial charge is 0.463 e. The molecule has 0 bridgehead atoms. The summed E-state index contributed by atoms with van der Waals surface area (Å²) in [7, 11) is 0. The van der Waals surface area contributed by atoms with Crippen molar-refractivity contribution < 1.29 is 14.3 Å². The van der Waals surface area contributed by atoms with Crippen molar-refractivity contribution in [3.8, 4) is 6.07 Å². The van der Waals surface area contributed by atoms with Gasteiger partial charge in [-0.25, -0.2) is 4.79 Å². The topological polar surface area (TPSA) is 64.2 Å². The molecular formula is C18H16N2O3S. The summed E-state index contributed by atoms with van der Waals surface area (Å²) in [6.45, 7) is 3.75. The van der Waals surface area contributed by atoms with Gasteiger partial charge in [0.25, 0.3) is 0 Å². The summed E-state index contributed by atoms with van der Waals surface area (Å²) in [5.74, 6) is -0.0612. The number of allylic oxidation sites excluding steroid dienone is 2. The van der Waals surface area contributed by atoms with Gasteiger partial charge in [0.05, 0.1) is 18.1 Å². The molecule has 1 aliphatic heterocycles. The zero-order valence-electron chi connectivity index (χ0n) is 13.4. The van der Waals surface area contributed by atoms with Crippen molar-refractivity contribution in [2.45, 2.75) is 19.8 Å². The minimum absolute atomic E-state index is 0.267. The van der Waals surface area contributed by atoms with Crippen LogP contribution in [0.2, 0.25) is 0 Å². The third-order valence-corrected chi connectivity index (χ3v) is 4.66. The Hall–Kier alpha value is -2.78. The highest BCUT2D eigenvalue weighted by Crippen LogP contribution is 2.43. The number of aromatic nitrogens is 1. The molecule has 0 aliphatic carbocycles. The third-order valence-electron chi connectivity index (χ3n) is 3.72. The van der Waals surface area contributed by atoms with E-state index in [0.29, 0.717) is 22.8 Å². The Labute approximate surface area is 144 Å². The molecule has 1 atom stereocenters. The molecule has 2 aromatic heterocycles. The number of carbonyl (C=O) groups is 1. The number of ether oxygens (including phenoxy) is 2. The number of carbonyl (C=O) groups excluding carboxylic acids is 1. The van der Waals surface area contributed by atoms with Crippen molar-refractivity contribution >= 4 is 23.2 Å². The summed E-state index contributed by atoms with van der Waals surface area (Å²) in [5.41, 5.74) is 0.772. The van der Waals surface area contributed by atoms with Crippen LogP contribution in [0.25, 0.3) is 5.88 Å². The van der Waals surface area contributed by atoms with E-state index in [1.165, 1.54) is 11.3 Å². The second-order valence-corrected chi connectivity index (χ2v) is 6.14. The lowest BCUT2D eigenvalue weighted by atomic mass is 9.87. The van der Waals surface area contributed by atoms with E-state index in [-0.39, 0.29) is 6.61 Å². The fraction of sp³-hybridized carbons (Fsp3) is 0.222. The molecule has 0 N–H and O–H groups in total. The van der Waals surface area contributed by atoms with E-state index in [1.807, 2.05) is 29.6 Å². The third kappa shape index (κ3) is 2.74. The molecule has 0 saturated carbocycles. The Balaban J connectivity index is 2.18. The van der Waals surface area contributed by atoms with Gasteiger partial charge >= 0.3 is 5.97 Å². The average Bonchev–Trinajstić information content (AvgIpc) is 3.27. The Bertz CT molecular complexity index is 839. The van der Waals surface area contributed by atoms with Gasteiger partial charge in [-0.3, -0.25) is 4.57 Å². The fourth-order valence-electron chi connectivity index (χ4n) is 2.71. The van der Waals surface area contributed by atoms with E-state index in [0.717, 1.165) is 4.88 Å². The van der Waals surface area contributed by atoms with Crippen LogP contribution < -0.4 is 0 Å². The maximum absolute atomic E-state index is 12.5. The summed E-state index contributed by atoms with van der Waals surface area (Å²) in [6, 6.07) is 9.75. The van der Waals surface area contributed by atoms with Gasteiger partial charge in [-0.2, -0.15) is 5.26 Å². The van der Waals surface area contributed by atoms with Crippen molar-refractivity contribution in [1.29, 1.82) is 5.26 Å². The number of rotatable bonds is 4. The van der Waals surface area contributed by atoms with Gasteiger partial charge in [0.1, 0.15) is 17.4 Å². The number of nitriles is 1. The number of esters is 1. The average molecular weight is 340 g/mol. The zero-order chi connectivity index (χ0) is 17.1. The van der Waals surface area contributed by atoms with E-state index in [4.69, 9.17) is 9.47 Å². The van der Waals surface area contributed by atoms with E-state index in [9.17, 15) is 10.1 Å². The lowest BCUT2D eigenvalue weighted by Gasteiger charge is -2.27. The minimum Gasteiger partial charge on any atom is -0.463 e. The van der Waals surface area contributed by atoms with Crippen LogP contribution >= 0.6 is 11.3 Å². The van der Waals surface area contributed by atoms with Crippen molar-refractivity contribution in [3.63, 3.8) is 0 Å². The van der Waals surface area contributed by atoms with E-state index in [2.05, 4.69) is 6.07 Å². The molecule has 1 aliphatic rings. The molecule has 0 saturated heterocycles. The highest BCUT2D eigenvalue weighted by atomic mass is 32.1. The van der Waals surface area contributed by atoms with Crippen LogP contribution in [0.1, 0.15) is 24.6 Å². The molecule has 3 rings (SSSR count). The highest BCUT2D eigenvalue weighted by molar-refractivity contribution is 7.10. The van der Waals surface area contributed by atoms with Crippen LogP contribution in [0.3, 0.4) is 0 Å². The van der Waals surface area contributed by atoms with Crippen LogP contribution in [0.4, 0.5) is 0 Å². The second-order valence-electron chi connectivity index (χ2n) is 5.16. The summed E-state index contributed by atoms with van der Waals surface area (Å²) in [5, 5.41) is 11.7. The number of nitrogens with zero attached hydrogens (tertiary/aromatic N) is 2. The van der Waals surface area contributed by atoms with Crippen molar-refractivity contribution in [2.75, 3.05) is 6.61 Å². The van der Waals surface area contributed by atoms with Crippen LogP contribution in [-0.2, 0) is 14.3 Å². The van der Waals surface area contributed by atoms with E-state index >= 15 is 0 Å². The highest BCUT2D eigenvalue weighted by Gasteiger charge is 2.37. The smallest absolute Gasteiger partial charge is 0.338 e. The molecule has 5 nitrogen and oxygen atoms in total. The first-order chi connectivity index (χ1) is 11.7. The predicted octanol–water partition coefficient (Wildman–Crippen LogP) is 3.89. The standard InChI is InChI=1S/C18H16N2O3S/c1-3-22-18(21)15-12(2)23-17(20-8-4-5-9-20)13(11-19)16(15)14-7-6-10-24-14/h4-10,16H,3H2,1-2H3/t16-/m0/s1. The maximum Gasteiger partial charge on any atom is 0.338 e. The molecule has 24 heavy (non-hydrogen) atoms. The van der Waals surface area contributed by atoms with Crippen LogP contribution in [0.15, 0.2) is 58.9 Å². The molecule has 0 amide bonds. The number of hydrogen-bond acceptors (Lipinski definition) is 5. The maximum atomic E-state index is 12.5. The molecule has 0 spiro atoms. The van der Waals surface area contributed by atoms with Crippen LogP contribution in [0, 0.1) is 11.3 Å². The zero-order valence-corrected chi connectivity index (χ0v) is 14.2. The van der Waals surface area contributed by atoms with Gasteiger partial charge < -0.3 is 9.47 Å². The molecule has 0 unspecified atom stereocenters. The SMILES string of the molecule is CCOC(=O)C1=C(C)OC(n2cccc2)=C(C#N)[C@H]1c1cccs1. The molecular weight excluding hydrogens is 324 g/mol. The van der Waals surface area contributed by atoms with Gasteiger partial charge in [-0.1, -0.05) is 6.07 Å². The minimum atomic E-state index is -0.486. The Morgan fingerprint density at radius 2 is 2.17 bits per heavy atom. The van der Waals surface area contributed by atoms with Gasteiger partial charge in [0.2, 0.25) is 5.88 Å². The molecule has 0 aromatic carbocycles. The van der Waals surface area contributed by atoms with Gasteiger partial charge in [0.15, 0.2) is 0 Å².